The predicted octanol–water partition coefficient (Wildman–Crippen LogP) is 2.60. The number of unbranched alkanes of at least 4 members (excludes halogenated alkanes) is 1. The van der Waals surface area contributed by atoms with Gasteiger partial charge in [0.15, 0.2) is 0 Å². The summed E-state index contributed by atoms with van der Waals surface area (Å²) in [6, 6.07) is 6.56. The van der Waals surface area contributed by atoms with Gasteiger partial charge in [-0.1, -0.05) is 19.4 Å². The highest BCUT2D eigenvalue weighted by molar-refractivity contribution is 5.96. The van der Waals surface area contributed by atoms with Gasteiger partial charge in [0.1, 0.15) is 0 Å². The summed E-state index contributed by atoms with van der Waals surface area (Å²) in [6.07, 6.45) is 3.70. The second kappa shape index (κ2) is 6.48. The summed E-state index contributed by atoms with van der Waals surface area (Å²) in [5, 5.41) is 0. The summed E-state index contributed by atoms with van der Waals surface area (Å²) in [7, 11) is 0. The molecule has 2 aliphatic heterocycles. The molecule has 0 saturated carbocycles. The highest BCUT2D eigenvalue weighted by atomic mass is 16.5. The average Bonchev–Trinajstić information content (AvgIpc) is 2.96. The first kappa shape index (κ1) is 14.4. The van der Waals surface area contributed by atoms with E-state index in [1.807, 2.05) is 4.90 Å². The maximum absolute atomic E-state index is 12.3. The number of ether oxygens (including phenoxy) is 1. The molecule has 0 atom stereocenters. The fraction of sp³-hybridized carbons (Fsp3) is 0.588. The molecule has 1 fully saturated rings. The van der Waals surface area contributed by atoms with Crippen LogP contribution in [-0.2, 0) is 16.0 Å². The molecule has 4 heteroatoms. The highest BCUT2D eigenvalue weighted by Crippen LogP contribution is 2.33. The topological polar surface area (TPSA) is 32.8 Å². The zero-order valence-corrected chi connectivity index (χ0v) is 12.8. The smallest absolute Gasteiger partial charge is 0.226 e. The van der Waals surface area contributed by atoms with Crippen LogP contribution in [0.3, 0.4) is 0 Å². The molecule has 21 heavy (non-hydrogen) atoms. The van der Waals surface area contributed by atoms with Crippen LogP contribution < -0.4 is 9.80 Å². The van der Waals surface area contributed by atoms with E-state index >= 15 is 0 Å². The normalized spacial score (nSPS) is 18.0. The molecule has 1 aromatic rings. The lowest BCUT2D eigenvalue weighted by Crippen LogP contribution is -2.36. The molecular weight excluding hydrogens is 264 g/mol. The summed E-state index contributed by atoms with van der Waals surface area (Å²) in [4.78, 5) is 16.7. The Hall–Kier alpha value is -1.55. The Labute approximate surface area is 126 Å². The van der Waals surface area contributed by atoms with Crippen molar-refractivity contribution in [1.29, 1.82) is 0 Å². The third-order valence-electron chi connectivity index (χ3n) is 4.39. The van der Waals surface area contributed by atoms with Crippen LogP contribution in [0.15, 0.2) is 18.2 Å². The predicted molar refractivity (Wildman–Crippen MR) is 85.1 cm³/mol. The zero-order chi connectivity index (χ0) is 14.7. The van der Waals surface area contributed by atoms with Gasteiger partial charge in [-0.05, 0) is 30.5 Å². The molecule has 1 saturated heterocycles. The Kier molecular flexibility index (Phi) is 4.44. The molecule has 1 aromatic carbocycles. The third kappa shape index (κ3) is 3.05. The number of rotatable bonds is 4. The fourth-order valence-electron chi connectivity index (χ4n) is 3.11. The van der Waals surface area contributed by atoms with Crippen molar-refractivity contribution < 1.29 is 9.53 Å². The lowest BCUT2D eigenvalue weighted by atomic mass is 10.1. The van der Waals surface area contributed by atoms with E-state index in [0.29, 0.717) is 6.42 Å². The van der Waals surface area contributed by atoms with Crippen molar-refractivity contribution in [3.8, 4) is 0 Å². The molecule has 1 amide bonds. The van der Waals surface area contributed by atoms with Crippen molar-refractivity contribution >= 4 is 17.3 Å². The Morgan fingerprint density at radius 2 is 2.05 bits per heavy atom. The molecule has 0 bridgehead atoms. The molecule has 0 radical (unpaired) electrons. The number of fused-ring (bicyclic) bond motifs is 1. The standard InChI is InChI=1S/C17H24N2O2/c1-2-3-4-17(20)19-8-7-14-5-6-15(13-16(14)19)18-9-11-21-12-10-18/h5-6,13H,2-4,7-12H2,1H3. The molecule has 2 heterocycles. The molecule has 2 aliphatic rings. The molecular formula is C17H24N2O2. The number of hydrogen-bond donors (Lipinski definition) is 0. The summed E-state index contributed by atoms with van der Waals surface area (Å²) in [6.45, 7) is 6.41. The summed E-state index contributed by atoms with van der Waals surface area (Å²) < 4.78 is 5.41. The monoisotopic (exact) mass is 288 g/mol. The van der Waals surface area contributed by atoms with E-state index in [1.165, 1.54) is 11.3 Å². The summed E-state index contributed by atoms with van der Waals surface area (Å²) in [5.41, 5.74) is 3.64. The van der Waals surface area contributed by atoms with E-state index in [4.69, 9.17) is 4.74 Å². The Balaban J connectivity index is 1.78. The van der Waals surface area contributed by atoms with Gasteiger partial charge in [-0.3, -0.25) is 4.79 Å². The average molecular weight is 288 g/mol. The molecule has 114 valence electrons. The van der Waals surface area contributed by atoms with Crippen LogP contribution in [-0.4, -0.2) is 38.8 Å². The fourth-order valence-corrected chi connectivity index (χ4v) is 3.11. The van der Waals surface area contributed by atoms with Crippen LogP contribution in [0.5, 0.6) is 0 Å². The molecule has 3 rings (SSSR count). The van der Waals surface area contributed by atoms with Crippen LogP contribution in [0.1, 0.15) is 31.7 Å². The van der Waals surface area contributed by atoms with Crippen LogP contribution in [0.4, 0.5) is 11.4 Å². The van der Waals surface area contributed by atoms with Gasteiger partial charge in [-0.15, -0.1) is 0 Å². The minimum atomic E-state index is 0.273. The number of hydrogen-bond acceptors (Lipinski definition) is 3. The molecule has 0 aromatic heterocycles. The molecule has 0 aliphatic carbocycles. The molecule has 0 spiro atoms. The van der Waals surface area contributed by atoms with Crippen LogP contribution in [0, 0.1) is 0 Å². The Morgan fingerprint density at radius 3 is 2.81 bits per heavy atom. The van der Waals surface area contributed by atoms with Gasteiger partial charge >= 0.3 is 0 Å². The lowest BCUT2D eigenvalue weighted by molar-refractivity contribution is -0.118. The maximum atomic E-state index is 12.3. The Morgan fingerprint density at radius 1 is 1.24 bits per heavy atom. The van der Waals surface area contributed by atoms with Crippen molar-refractivity contribution in [3.63, 3.8) is 0 Å². The van der Waals surface area contributed by atoms with Crippen molar-refractivity contribution in [2.75, 3.05) is 42.6 Å². The number of morpholine rings is 1. The SMILES string of the molecule is CCCCC(=O)N1CCc2ccc(N3CCOCC3)cc21. The number of anilines is 2. The number of benzene rings is 1. The van der Waals surface area contributed by atoms with Crippen molar-refractivity contribution in [1.82, 2.24) is 0 Å². The summed E-state index contributed by atoms with van der Waals surface area (Å²) in [5.74, 6) is 0.273. The van der Waals surface area contributed by atoms with Gasteiger partial charge in [-0.25, -0.2) is 0 Å². The summed E-state index contributed by atoms with van der Waals surface area (Å²) >= 11 is 0. The second-order valence-electron chi connectivity index (χ2n) is 5.81. The van der Waals surface area contributed by atoms with E-state index in [1.54, 1.807) is 0 Å². The number of carbonyl (C=O) groups excluding carboxylic acids is 1. The quantitative estimate of drug-likeness (QED) is 0.854. The third-order valence-corrected chi connectivity index (χ3v) is 4.39. The van der Waals surface area contributed by atoms with Gasteiger partial charge in [0.25, 0.3) is 0 Å². The largest absolute Gasteiger partial charge is 0.378 e. The molecule has 0 N–H and O–H groups in total. The van der Waals surface area contributed by atoms with E-state index in [2.05, 4.69) is 30.0 Å². The maximum Gasteiger partial charge on any atom is 0.226 e. The van der Waals surface area contributed by atoms with Gasteiger partial charge in [-0.2, -0.15) is 0 Å². The molecule has 4 nitrogen and oxygen atoms in total. The molecule has 0 unspecified atom stereocenters. The first-order valence-electron chi connectivity index (χ1n) is 8.05. The second-order valence-corrected chi connectivity index (χ2v) is 5.81. The van der Waals surface area contributed by atoms with E-state index < -0.39 is 0 Å². The van der Waals surface area contributed by atoms with Crippen molar-refractivity contribution in [2.45, 2.75) is 32.6 Å². The number of nitrogens with zero attached hydrogens (tertiary/aromatic N) is 2. The number of carbonyl (C=O) groups is 1. The van der Waals surface area contributed by atoms with E-state index in [0.717, 1.165) is 57.8 Å². The van der Waals surface area contributed by atoms with Crippen molar-refractivity contribution in [3.05, 3.63) is 23.8 Å². The van der Waals surface area contributed by atoms with E-state index in [9.17, 15) is 4.79 Å². The van der Waals surface area contributed by atoms with Crippen LogP contribution >= 0.6 is 0 Å². The van der Waals surface area contributed by atoms with Gasteiger partial charge in [0.2, 0.25) is 5.91 Å². The van der Waals surface area contributed by atoms with Gasteiger partial charge < -0.3 is 14.5 Å². The minimum Gasteiger partial charge on any atom is -0.378 e. The van der Waals surface area contributed by atoms with Gasteiger partial charge in [0.05, 0.1) is 13.2 Å². The van der Waals surface area contributed by atoms with Crippen molar-refractivity contribution in [2.24, 2.45) is 0 Å². The Bertz CT molecular complexity index is 510. The zero-order valence-electron chi connectivity index (χ0n) is 12.8. The lowest BCUT2D eigenvalue weighted by Gasteiger charge is -2.29. The minimum absolute atomic E-state index is 0.273. The van der Waals surface area contributed by atoms with E-state index in [-0.39, 0.29) is 5.91 Å². The highest BCUT2D eigenvalue weighted by Gasteiger charge is 2.25. The first-order chi connectivity index (χ1) is 10.3. The number of amides is 1. The van der Waals surface area contributed by atoms with Crippen LogP contribution in [0.2, 0.25) is 0 Å². The first-order valence-corrected chi connectivity index (χ1v) is 8.05. The van der Waals surface area contributed by atoms with Gasteiger partial charge in [0, 0.05) is 37.4 Å². The van der Waals surface area contributed by atoms with Crippen LogP contribution in [0.25, 0.3) is 0 Å².